The molecule has 0 aromatic carbocycles. The van der Waals surface area contributed by atoms with Crippen molar-refractivity contribution in [3.8, 4) is 0 Å². The zero-order valence-electron chi connectivity index (χ0n) is 17.7. The van der Waals surface area contributed by atoms with Gasteiger partial charge in [-0.25, -0.2) is 4.39 Å². The SMILES string of the molecule is O=C(O)CCOCCOCCOCCOCCOCCOCCOCCOCCF. The molecule has 0 aromatic rings. The largest absolute Gasteiger partial charge is 0.481 e. The van der Waals surface area contributed by atoms with Crippen molar-refractivity contribution in [3.63, 3.8) is 0 Å². The lowest BCUT2D eigenvalue weighted by atomic mass is 10.5. The standard InChI is InChI=1S/C19H37FO10/c20-2-4-24-6-8-26-10-12-28-14-16-30-18-17-29-15-13-27-11-9-25-7-5-23-3-1-19(21)22/h1-18H2,(H,21,22). The van der Waals surface area contributed by atoms with Crippen LogP contribution in [0, 0.1) is 0 Å². The molecule has 0 heterocycles. The fourth-order valence-electron chi connectivity index (χ4n) is 1.86. The summed E-state index contributed by atoms with van der Waals surface area (Å²) in [4.78, 5) is 10.3. The van der Waals surface area contributed by atoms with Crippen molar-refractivity contribution < 1.29 is 52.2 Å². The summed E-state index contributed by atoms with van der Waals surface area (Å²) in [6.45, 7) is 6.14. The van der Waals surface area contributed by atoms with Crippen LogP contribution in [0.15, 0.2) is 0 Å². The summed E-state index contributed by atoms with van der Waals surface area (Å²) in [5, 5.41) is 8.43. The number of ether oxygens (including phenoxy) is 8. The average Bonchev–Trinajstić information content (AvgIpc) is 2.73. The van der Waals surface area contributed by atoms with Gasteiger partial charge >= 0.3 is 5.97 Å². The molecule has 11 heteroatoms. The van der Waals surface area contributed by atoms with Gasteiger partial charge in [0.25, 0.3) is 0 Å². The topological polar surface area (TPSA) is 111 Å². The lowest BCUT2D eigenvalue weighted by Gasteiger charge is -2.08. The molecule has 0 aromatic heterocycles. The highest BCUT2D eigenvalue weighted by Crippen LogP contribution is 1.86. The van der Waals surface area contributed by atoms with Crippen molar-refractivity contribution in [1.82, 2.24) is 0 Å². The van der Waals surface area contributed by atoms with Crippen LogP contribution in [0.5, 0.6) is 0 Å². The van der Waals surface area contributed by atoms with Crippen LogP contribution in [-0.2, 0) is 42.7 Å². The first-order valence-electron chi connectivity index (χ1n) is 10.2. The Hall–Kier alpha value is -0.920. The minimum atomic E-state index is -0.875. The van der Waals surface area contributed by atoms with Crippen molar-refractivity contribution >= 4 is 5.97 Å². The third-order valence-corrected chi connectivity index (χ3v) is 3.29. The number of hydrogen-bond donors (Lipinski definition) is 1. The van der Waals surface area contributed by atoms with Gasteiger partial charge in [-0.1, -0.05) is 0 Å². The molecular weight excluding hydrogens is 407 g/mol. The molecule has 0 amide bonds. The molecular formula is C19H37FO10. The van der Waals surface area contributed by atoms with Gasteiger partial charge in [0, 0.05) is 0 Å². The zero-order valence-corrected chi connectivity index (χ0v) is 17.7. The van der Waals surface area contributed by atoms with Gasteiger partial charge in [-0.2, -0.15) is 0 Å². The molecule has 0 aliphatic heterocycles. The van der Waals surface area contributed by atoms with Crippen molar-refractivity contribution in [2.45, 2.75) is 6.42 Å². The maximum absolute atomic E-state index is 11.7. The summed E-state index contributed by atoms with van der Waals surface area (Å²) in [6.07, 6.45) is -0.00112. The second-order valence-corrected chi connectivity index (χ2v) is 5.73. The molecule has 0 saturated heterocycles. The van der Waals surface area contributed by atoms with Crippen molar-refractivity contribution in [1.29, 1.82) is 0 Å². The van der Waals surface area contributed by atoms with Crippen LogP contribution in [-0.4, -0.2) is 123 Å². The lowest BCUT2D eigenvalue weighted by molar-refractivity contribution is -0.138. The second kappa shape index (κ2) is 26.1. The van der Waals surface area contributed by atoms with E-state index < -0.39 is 12.6 Å². The monoisotopic (exact) mass is 444 g/mol. The number of aliphatic carboxylic acids is 1. The van der Waals surface area contributed by atoms with Gasteiger partial charge in [-0.3, -0.25) is 4.79 Å². The number of rotatable bonds is 26. The number of carboxylic acid groups (broad SMARTS) is 1. The van der Waals surface area contributed by atoms with Gasteiger partial charge < -0.3 is 43.0 Å². The number of hydrogen-bond acceptors (Lipinski definition) is 9. The number of alkyl halides is 1. The third kappa shape index (κ3) is 27.1. The van der Waals surface area contributed by atoms with Crippen molar-refractivity contribution in [2.24, 2.45) is 0 Å². The van der Waals surface area contributed by atoms with E-state index in [-0.39, 0.29) is 19.6 Å². The summed E-state index contributed by atoms with van der Waals surface area (Å²) in [5.41, 5.74) is 0. The van der Waals surface area contributed by atoms with E-state index in [1.165, 1.54) is 0 Å². The summed E-state index contributed by atoms with van der Waals surface area (Å²) in [5.74, 6) is -0.875. The Balaban J connectivity index is 2.99. The molecule has 0 aliphatic carbocycles. The first kappa shape index (κ1) is 29.1. The molecule has 0 bridgehead atoms. The van der Waals surface area contributed by atoms with Crippen LogP contribution in [0.3, 0.4) is 0 Å². The van der Waals surface area contributed by atoms with E-state index in [4.69, 9.17) is 43.0 Å². The van der Waals surface area contributed by atoms with Crippen LogP contribution < -0.4 is 0 Å². The smallest absolute Gasteiger partial charge is 0.305 e. The zero-order chi connectivity index (χ0) is 22.0. The highest BCUT2D eigenvalue weighted by atomic mass is 19.1. The van der Waals surface area contributed by atoms with Crippen molar-refractivity contribution in [3.05, 3.63) is 0 Å². The summed E-state index contributed by atoms with van der Waals surface area (Å²) in [7, 11) is 0. The van der Waals surface area contributed by atoms with E-state index in [1.807, 2.05) is 0 Å². The lowest BCUT2D eigenvalue weighted by Crippen LogP contribution is -2.15. The Morgan fingerprint density at radius 3 is 0.933 bits per heavy atom. The predicted molar refractivity (Wildman–Crippen MR) is 105 cm³/mol. The van der Waals surface area contributed by atoms with E-state index in [0.29, 0.717) is 92.5 Å². The fraction of sp³-hybridized carbons (Fsp3) is 0.947. The number of carboxylic acids is 1. The minimum Gasteiger partial charge on any atom is -0.481 e. The number of halogens is 1. The van der Waals surface area contributed by atoms with Gasteiger partial charge in [0.05, 0.1) is 112 Å². The maximum Gasteiger partial charge on any atom is 0.305 e. The molecule has 0 saturated carbocycles. The molecule has 10 nitrogen and oxygen atoms in total. The van der Waals surface area contributed by atoms with Crippen LogP contribution in [0.2, 0.25) is 0 Å². The molecule has 180 valence electrons. The molecule has 0 unspecified atom stereocenters. The molecule has 0 spiro atoms. The van der Waals surface area contributed by atoms with Crippen molar-refractivity contribution in [2.75, 3.05) is 112 Å². The Labute approximate surface area is 177 Å². The Bertz CT molecular complexity index is 349. The minimum absolute atomic E-state index is 0.00112. The van der Waals surface area contributed by atoms with Crippen LogP contribution in [0.1, 0.15) is 6.42 Å². The molecule has 0 aliphatic rings. The van der Waals surface area contributed by atoms with Gasteiger partial charge in [-0.05, 0) is 0 Å². The average molecular weight is 444 g/mol. The maximum atomic E-state index is 11.7. The molecule has 0 rings (SSSR count). The second-order valence-electron chi connectivity index (χ2n) is 5.73. The third-order valence-electron chi connectivity index (χ3n) is 3.29. The summed E-state index contributed by atoms with van der Waals surface area (Å²) < 4.78 is 53.7. The van der Waals surface area contributed by atoms with E-state index in [2.05, 4.69) is 0 Å². The van der Waals surface area contributed by atoms with Gasteiger partial charge in [0.2, 0.25) is 0 Å². The summed E-state index contributed by atoms with van der Waals surface area (Å²) >= 11 is 0. The fourth-order valence-corrected chi connectivity index (χ4v) is 1.86. The van der Waals surface area contributed by atoms with Gasteiger partial charge in [0.15, 0.2) is 0 Å². The molecule has 0 fully saturated rings. The Morgan fingerprint density at radius 1 is 0.467 bits per heavy atom. The van der Waals surface area contributed by atoms with Crippen LogP contribution in [0.25, 0.3) is 0 Å². The molecule has 1 N–H and O–H groups in total. The van der Waals surface area contributed by atoms with E-state index in [1.54, 1.807) is 0 Å². The first-order valence-corrected chi connectivity index (χ1v) is 10.2. The summed E-state index contributed by atoms with van der Waals surface area (Å²) in [6, 6.07) is 0. The van der Waals surface area contributed by atoms with E-state index in [0.717, 1.165) is 0 Å². The molecule has 0 atom stereocenters. The highest BCUT2D eigenvalue weighted by molar-refractivity contribution is 5.66. The van der Waals surface area contributed by atoms with Gasteiger partial charge in [-0.15, -0.1) is 0 Å². The van der Waals surface area contributed by atoms with Crippen LogP contribution >= 0.6 is 0 Å². The number of carbonyl (C=O) groups is 1. The molecule has 30 heavy (non-hydrogen) atoms. The van der Waals surface area contributed by atoms with Crippen LogP contribution in [0.4, 0.5) is 4.39 Å². The highest BCUT2D eigenvalue weighted by Gasteiger charge is 1.97. The van der Waals surface area contributed by atoms with E-state index in [9.17, 15) is 9.18 Å². The predicted octanol–water partition coefficient (Wildman–Crippen LogP) is 0.563. The molecule has 0 radical (unpaired) electrons. The first-order chi connectivity index (χ1) is 14.8. The normalized spacial score (nSPS) is 11.2. The Kier molecular flexibility index (Phi) is 25.3. The Morgan fingerprint density at radius 2 is 0.700 bits per heavy atom. The van der Waals surface area contributed by atoms with E-state index >= 15 is 0 Å². The van der Waals surface area contributed by atoms with Gasteiger partial charge in [0.1, 0.15) is 6.67 Å². The quantitative estimate of drug-likeness (QED) is 0.190.